The molecule has 2 rings (SSSR count). The summed E-state index contributed by atoms with van der Waals surface area (Å²) >= 11 is 9.39. The minimum Gasteiger partial charge on any atom is -0.139 e. The molecule has 0 atom stereocenters. The molecular weight excluding hydrogens is 308 g/mol. The highest BCUT2D eigenvalue weighted by Crippen LogP contribution is 2.43. The van der Waals surface area contributed by atoms with Gasteiger partial charge in [-0.2, -0.15) is 0 Å². The summed E-state index contributed by atoms with van der Waals surface area (Å²) in [6.07, 6.45) is 0. The van der Waals surface area contributed by atoms with Crippen molar-refractivity contribution >= 4 is 56.8 Å². The maximum atomic E-state index is 3.46. The van der Waals surface area contributed by atoms with Crippen LogP contribution < -0.4 is 0 Å². The number of benzene rings is 1. The van der Waals surface area contributed by atoms with E-state index < -0.39 is 0 Å². The number of halogens is 1. The molecule has 0 aliphatic carbocycles. The molecule has 0 radical (unpaired) electrons. The molecule has 0 bridgehead atoms. The molecule has 1 saturated heterocycles. The molecule has 0 unspecified atom stereocenters. The van der Waals surface area contributed by atoms with Crippen molar-refractivity contribution in [2.24, 2.45) is 0 Å². The largest absolute Gasteiger partial charge is 0.139 e. The first-order chi connectivity index (χ1) is 7.27. The van der Waals surface area contributed by atoms with E-state index in [4.69, 9.17) is 0 Å². The van der Waals surface area contributed by atoms with E-state index in [-0.39, 0.29) is 0 Å². The topological polar surface area (TPSA) is 0 Å². The van der Waals surface area contributed by atoms with E-state index in [2.05, 4.69) is 47.1 Å². The quantitative estimate of drug-likeness (QED) is 0.692. The molecule has 1 aliphatic heterocycles. The van der Waals surface area contributed by atoms with Crippen LogP contribution in [0.3, 0.4) is 0 Å². The van der Waals surface area contributed by atoms with E-state index in [0.29, 0.717) is 0 Å². The van der Waals surface area contributed by atoms with Crippen molar-refractivity contribution < 1.29 is 0 Å². The van der Waals surface area contributed by atoms with Crippen molar-refractivity contribution in [3.05, 3.63) is 38.5 Å². The molecule has 0 spiro atoms. The van der Waals surface area contributed by atoms with Gasteiger partial charge in [0.25, 0.3) is 0 Å². The Morgan fingerprint density at radius 1 is 1.13 bits per heavy atom. The van der Waals surface area contributed by atoms with Crippen LogP contribution in [-0.4, -0.2) is 10.2 Å². The van der Waals surface area contributed by atoms with Gasteiger partial charge < -0.3 is 0 Å². The van der Waals surface area contributed by atoms with Crippen molar-refractivity contribution in [1.82, 2.24) is 0 Å². The molecule has 1 aliphatic rings. The lowest BCUT2D eigenvalue weighted by Crippen LogP contribution is -1.89. The van der Waals surface area contributed by atoms with Crippen LogP contribution in [-0.2, 0) is 0 Å². The van der Waals surface area contributed by atoms with Gasteiger partial charge in [0.15, 0.2) is 0 Å². The van der Waals surface area contributed by atoms with E-state index in [9.17, 15) is 0 Å². The van der Waals surface area contributed by atoms with Crippen LogP contribution in [0, 0.1) is 0 Å². The lowest BCUT2D eigenvalue weighted by atomic mass is 10.1. The van der Waals surface area contributed by atoms with Crippen LogP contribution in [0.2, 0.25) is 0 Å². The smallest absolute Gasteiger partial charge is 0.0453 e. The minimum atomic E-state index is 1.14. The zero-order chi connectivity index (χ0) is 10.7. The van der Waals surface area contributed by atoms with Crippen LogP contribution in [0.5, 0.6) is 0 Å². The Labute approximate surface area is 112 Å². The van der Waals surface area contributed by atoms with E-state index in [1.165, 1.54) is 25.5 Å². The lowest BCUT2D eigenvalue weighted by molar-refractivity contribution is 1.55. The molecule has 1 fully saturated rings. The summed E-state index contributed by atoms with van der Waals surface area (Å²) < 4.78 is 2.62. The Balaban J connectivity index is 2.25. The van der Waals surface area contributed by atoms with Crippen LogP contribution in [0.1, 0.15) is 12.5 Å². The number of hydrogen-bond acceptors (Lipinski definition) is 3. The van der Waals surface area contributed by atoms with Gasteiger partial charge in [-0.25, -0.2) is 0 Å². The van der Waals surface area contributed by atoms with Gasteiger partial charge in [0, 0.05) is 18.9 Å². The normalized spacial score (nSPS) is 16.5. The molecule has 4 heteroatoms. The monoisotopic (exact) mass is 318 g/mol. The third-order valence-electron chi connectivity index (χ3n) is 2.13. The predicted molar refractivity (Wildman–Crippen MR) is 79.2 cm³/mol. The number of hydrogen-bond donors (Lipinski definition) is 0. The first-order valence-electron chi connectivity index (χ1n) is 4.57. The third kappa shape index (κ3) is 3.22. The molecule has 0 aromatic heterocycles. The molecule has 15 heavy (non-hydrogen) atoms. The fourth-order valence-electron chi connectivity index (χ4n) is 1.30. The summed E-state index contributed by atoms with van der Waals surface area (Å²) in [5.41, 5.74) is 2.75. The zero-order valence-corrected chi connectivity index (χ0v) is 12.4. The van der Waals surface area contributed by atoms with Crippen molar-refractivity contribution in [3.8, 4) is 0 Å². The van der Waals surface area contributed by atoms with Crippen molar-refractivity contribution in [2.75, 3.05) is 10.2 Å². The SMILES string of the molecule is CC(=C1SCSCS1)c1ccc(Br)cc1. The second-order valence-corrected chi connectivity index (χ2v) is 8.01. The summed E-state index contributed by atoms with van der Waals surface area (Å²) in [5, 5.41) is 2.38. The first kappa shape index (κ1) is 12.0. The molecule has 0 nitrogen and oxygen atoms in total. The van der Waals surface area contributed by atoms with Gasteiger partial charge in [0.2, 0.25) is 0 Å². The van der Waals surface area contributed by atoms with Gasteiger partial charge in [-0.1, -0.05) is 28.1 Å². The Morgan fingerprint density at radius 3 is 2.33 bits per heavy atom. The number of rotatable bonds is 1. The summed E-state index contributed by atoms with van der Waals surface area (Å²) in [6, 6.07) is 8.56. The highest BCUT2D eigenvalue weighted by molar-refractivity contribution is 9.10. The second-order valence-electron chi connectivity index (χ2n) is 3.15. The van der Waals surface area contributed by atoms with Crippen LogP contribution in [0.4, 0.5) is 0 Å². The van der Waals surface area contributed by atoms with Gasteiger partial charge in [-0.05, 0) is 30.2 Å². The predicted octanol–water partition coefficient (Wildman–Crippen LogP) is 5.27. The van der Waals surface area contributed by atoms with Crippen LogP contribution in [0.25, 0.3) is 5.57 Å². The van der Waals surface area contributed by atoms with E-state index >= 15 is 0 Å². The third-order valence-corrected chi connectivity index (χ3v) is 6.78. The highest BCUT2D eigenvalue weighted by atomic mass is 79.9. The Hall–Kier alpha value is 0.490. The molecule has 1 aromatic rings. The fraction of sp³-hybridized carbons (Fsp3) is 0.273. The van der Waals surface area contributed by atoms with Gasteiger partial charge >= 0.3 is 0 Å². The second kappa shape index (κ2) is 5.71. The summed E-state index contributed by atoms with van der Waals surface area (Å²) in [5.74, 6) is 0. The van der Waals surface area contributed by atoms with Crippen LogP contribution >= 0.6 is 51.2 Å². The highest BCUT2D eigenvalue weighted by Gasteiger charge is 2.11. The Morgan fingerprint density at radius 2 is 1.73 bits per heavy atom. The summed E-state index contributed by atoms with van der Waals surface area (Å²) in [6.45, 7) is 2.22. The fourth-order valence-corrected chi connectivity index (χ4v) is 5.84. The number of thioether (sulfide) groups is 3. The average molecular weight is 319 g/mol. The van der Waals surface area contributed by atoms with Crippen molar-refractivity contribution in [1.29, 1.82) is 0 Å². The van der Waals surface area contributed by atoms with Gasteiger partial charge in [0.05, 0.1) is 0 Å². The summed E-state index contributed by atoms with van der Waals surface area (Å²) in [7, 11) is 0. The maximum Gasteiger partial charge on any atom is 0.0453 e. The molecule has 0 amide bonds. The molecule has 1 heterocycles. The van der Waals surface area contributed by atoms with Gasteiger partial charge in [-0.15, -0.1) is 35.3 Å². The van der Waals surface area contributed by atoms with Gasteiger partial charge in [0.1, 0.15) is 0 Å². The number of allylic oxidation sites excluding steroid dienone is 1. The van der Waals surface area contributed by atoms with Crippen molar-refractivity contribution in [3.63, 3.8) is 0 Å². The molecule has 0 N–H and O–H groups in total. The van der Waals surface area contributed by atoms with E-state index in [1.807, 2.05) is 35.3 Å². The molecular formula is C11H11BrS3. The Bertz CT molecular complexity index is 362. The zero-order valence-electron chi connectivity index (χ0n) is 8.33. The molecule has 80 valence electrons. The first-order valence-corrected chi connectivity index (χ1v) is 8.49. The van der Waals surface area contributed by atoms with E-state index in [0.717, 1.165) is 4.47 Å². The summed E-state index contributed by atoms with van der Waals surface area (Å²) in [4.78, 5) is 0. The van der Waals surface area contributed by atoms with Crippen molar-refractivity contribution in [2.45, 2.75) is 6.92 Å². The van der Waals surface area contributed by atoms with Gasteiger partial charge in [-0.3, -0.25) is 0 Å². The maximum absolute atomic E-state index is 3.46. The molecule has 0 saturated carbocycles. The standard InChI is InChI=1S/C11H11BrS3/c1-8(11-14-6-13-7-15-11)9-2-4-10(12)5-3-9/h2-5H,6-7H2,1H3. The van der Waals surface area contributed by atoms with E-state index in [1.54, 1.807) is 0 Å². The molecule has 1 aromatic carbocycles. The average Bonchev–Trinajstić information content (AvgIpc) is 2.30. The lowest BCUT2D eigenvalue weighted by Gasteiger charge is -2.15. The van der Waals surface area contributed by atoms with Crippen LogP contribution in [0.15, 0.2) is 33.0 Å². The Kier molecular flexibility index (Phi) is 4.55. The minimum absolute atomic E-state index is 1.14.